The number of nitrogens with zero attached hydrogens (tertiary/aromatic N) is 3. The standard InChI is InChI=1S/C16H28N4O/c1-4-14-10-15(20(6-3)18-14)16(21)19(5-2)12-13-8-7-9-17-11-13/h10,13,17H,4-9,11-12H2,1-3H3. The molecule has 5 nitrogen and oxygen atoms in total. The summed E-state index contributed by atoms with van der Waals surface area (Å²) in [5.41, 5.74) is 1.73. The van der Waals surface area contributed by atoms with Crippen LogP contribution in [0.25, 0.3) is 0 Å². The summed E-state index contributed by atoms with van der Waals surface area (Å²) < 4.78 is 1.84. The second kappa shape index (κ2) is 7.59. The third kappa shape index (κ3) is 3.84. The van der Waals surface area contributed by atoms with Gasteiger partial charge in [-0.2, -0.15) is 5.10 Å². The number of aromatic nitrogens is 2. The van der Waals surface area contributed by atoms with E-state index in [9.17, 15) is 4.79 Å². The maximum Gasteiger partial charge on any atom is 0.272 e. The number of aryl methyl sites for hydroxylation is 2. The summed E-state index contributed by atoms with van der Waals surface area (Å²) in [7, 11) is 0. The van der Waals surface area contributed by atoms with Gasteiger partial charge in [0.05, 0.1) is 5.69 Å². The molecule has 1 amide bonds. The lowest BCUT2D eigenvalue weighted by molar-refractivity contribution is 0.0716. The fourth-order valence-electron chi connectivity index (χ4n) is 2.97. The Bertz CT molecular complexity index is 463. The smallest absolute Gasteiger partial charge is 0.272 e. The van der Waals surface area contributed by atoms with Gasteiger partial charge in [-0.3, -0.25) is 9.48 Å². The SMILES string of the molecule is CCc1cc(C(=O)N(CC)CC2CCCNC2)n(CC)n1. The lowest BCUT2D eigenvalue weighted by atomic mass is 9.99. The van der Waals surface area contributed by atoms with Gasteiger partial charge >= 0.3 is 0 Å². The van der Waals surface area contributed by atoms with Crippen LogP contribution in [0.2, 0.25) is 0 Å². The van der Waals surface area contributed by atoms with Gasteiger partial charge < -0.3 is 10.2 Å². The molecule has 1 unspecified atom stereocenters. The number of rotatable bonds is 6. The van der Waals surface area contributed by atoms with E-state index in [0.29, 0.717) is 5.92 Å². The maximum absolute atomic E-state index is 12.8. The van der Waals surface area contributed by atoms with Crippen LogP contribution in [0.3, 0.4) is 0 Å². The molecule has 1 atom stereocenters. The summed E-state index contributed by atoms with van der Waals surface area (Å²) in [6.45, 7) is 10.6. The molecule has 2 rings (SSSR count). The minimum atomic E-state index is 0.122. The molecule has 0 spiro atoms. The van der Waals surface area contributed by atoms with Crippen molar-refractivity contribution in [1.82, 2.24) is 20.0 Å². The molecule has 1 aliphatic heterocycles. The van der Waals surface area contributed by atoms with Crippen molar-refractivity contribution >= 4 is 5.91 Å². The normalized spacial score (nSPS) is 18.7. The number of carbonyl (C=O) groups excluding carboxylic acids is 1. The summed E-state index contributed by atoms with van der Waals surface area (Å²) >= 11 is 0. The van der Waals surface area contributed by atoms with Crippen molar-refractivity contribution in [2.45, 2.75) is 46.6 Å². The van der Waals surface area contributed by atoms with Gasteiger partial charge in [-0.05, 0) is 58.2 Å². The Morgan fingerprint density at radius 2 is 2.29 bits per heavy atom. The van der Waals surface area contributed by atoms with E-state index in [2.05, 4.69) is 24.3 Å². The third-order valence-electron chi connectivity index (χ3n) is 4.26. The van der Waals surface area contributed by atoms with Gasteiger partial charge in [-0.1, -0.05) is 6.92 Å². The zero-order valence-corrected chi connectivity index (χ0v) is 13.6. The molecule has 1 aromatic rings. The number of hydrogen-bond donors (Lipinski definition) is 1. The van der Waals surface area contributed by atoms with Gasteiger partial charge in [-0.25, -0.2) is 0 Å². The quantitative estimate of drug-likeness (QED) is 0.871. The average Bonchev–Trinajstić information content (AvgIpc) is 2.96. The number of nitrogens with one attached hydrogen (secondary N) is 1. The van der Waals surface area contributed by atoms with Crippen LogP contribution in [0.15, 0.2) is 6.07 Å². The average molecular weight is 292 g/mol. The predicted octanol–water partition coefficient (Wildman–Crippen LogP) is 1.93. The highest BCUT2D eigenvalue weighted by molar-refractivity contribution is 5.92. The first kappa shape index (κ1) is 16.0. The first-order valence-electron chi connectivity index (χ1n) is 8.26. The molecule has 21 heavy (non-hydrogen) atoms. The summed E-state index contributed by atoms with van der Waals surface area (Å²) in [5.74, 6) is 0.698. The molecule has 1 aliphatic rings. The molecule has 1 aromatic heterocycles. The first-order chi connectivity index (χ1) is 10.2. The van der Waals surface area contributed by atoms with E-state index in [-0.39, 0.29) is 5.91 Å². The largest absolute Gasteiger partial charge is 0.337 e. The molecule has 0 bridgehead atoms. The van der Waals surface area contributed by atoms with Crippen molar-refractivity contribution in [2.24, 2.45) is 5.92 Å². The highest BCUT2D eigenvalue weighted by Gasteiger charge is 2.23. The van der Waals surface area contributed by atoms with Crippen molar-refractivity contribution in [3.8, 4) is 0 Å². The highest BCUT2D eigenvalue weighted by atomic mass is 16.2. The van der Waals surface area contributed by atoms with Crippen LogP contribution >= 0.6 is 0 Å². The lowest BCUT2D eigenvalue weighted by Gasteiger charge is -2.29. The Balaban J connectivity index is 2.09. The summed E-state index contributed by atoms with van der Waals surface area (Å²) in [6.07, 6.45) is 3.29. The van der Waals surface area contributed by atoms with Gasteiger partial charge in [0.25, 0.3) is 5.91 Å². The van der Waals surface area contributed by atoms with E-state index < -0.39 is 0 Å². The van der Waals surface area contributed by atoms with Crippen LogP contribution < -0.4 is 5.32 Å². The molecule has 118 valence electrons. The Hall–Kier alpha value is -1.36. The van der Waals surface area contributed by atoms with Crippen molar-refractivity contribution in [3.05, 3.63) is 17.5 Å². The molecule has 2 heterocycles. The monoisotopic (exact) mass is 292 g/mol. The van der Waals surface area contributed by atoms with E-state index >= 15 is 0 Å². The molecule has 0 aromatic carbocycles. The second-order valence-corrected chi connectivity index (χ2v) is 5.75. The van der Waals surface area contributed by atoms with Crippen molar-refractivity contribution < 1.29 is 4.79 Å². The number of amides is 1. The molecular formula is C16H28N4O. The molecule has 1 N–H and O–H groups in total. The van der Waals surface area contributed by atoms with Crippen molar-refractivity contribution in [2.75, 3.05) is 26.2 Å². The molecule has 1 saturated heterocycles. The Kier molecular flexibility index (Phi) is 5.79. The maximum atomic E-state index is 12.8. The molecule has 0 saturated carbocycles. The van der Waals surface area contributed by atoms with Crippen LogP contribution in [-0.4, -0.2) is 46.8 Å². The first-order valence-corrected chi connectivity index (χ1v) is 8.26. The molecular weight excluding hydrogens is 264 g/mol. The predicted molar refractivity (Wildman–Crippen MR) is 84.5 cm³/mol. The zero-order valence-electron chi connectivity index (χ0n) is 13.6. The Labute approximate surface area is 127 Å². The Morgan fingerprint density at radius 3 is 2.86 bits per heavy atom. The molecule has 5 heteroatoms. The zero-order chi connectivity index (χ0) is 15.2. The van der Waals surface area contributed by atoms with Crippen LogP contribution in [0.4, 0.5) is 0 Å². The van der Waals surface area contributed by atoms with Crippen LogP contribution in [0.5, 0.6) is 0 Å². The van der Waals surface area contributed by atoms with E-state index in [1.54, 1.807) is 0 Å². The topological polar surface area (TPSA) is 50.2 Å². The summed E-state index contributed by atoms with van der Waals surface area (Å²) in [4.78, 5) is 14.8. The minimum Gasteiger partial charge on any atom is -0.337 e. The second-order valence-electron chi connectivity index (χ2n) is 5.75. The van der Waals surface area contributed by atoms with Crippen molar-refractivity contribution in [3.63, 3.8) is 0 Å². The van der Waals surface area contributed by atoms with E-state index in [1.807, 2.05) is 22.6 Å². The van der Waals surface area contributed by atoms with Gasteiger partial charge in [0.1, 0.15) is 5.69 Å². The van der Waals surface area contributed by atoms with Crippen LogP contribution in [0.1, 0.15) is 49.8 Å². The fraction of sp³-hybridized carbons (Fsp3) is 0.750. The van der Waals surface area contributed by atoms with Gasteiger partial charge in [0, 0.05) is 19.6 Å². The number of carbonyl (C=O) groups is 1. The summed E-state index contributed by atoms with van der Waals surface area (Å²) in [5, 5.41) is 7.91. The molecule has 1 fully saturated rings. The van der Waals surface area contributed by atoms with Gasteiger partial charge in [-0.15, -0.1) is 0 Å². The lowest BCUT2D eigenvalue weighted by Crippen LogP contribution is -2.41. The molecule has 0 radical (unpaired) electrons. The number of piperidine rings is 1. The third-order valence-corrected chi connectivity index (χ3v) is 4.26. The van der Waals surface area contributed by atoms with Crippen LogP contribution in [0, 0.1) is 5.92 Å². The summed E-state index contributed by atoms with van der Waals surface area (Å²) in [6, 6.07) is 1.95. The fourth-order valence-corrected chi connectivity index (χ4v) is 2.97. The minimum absolute atomic E-state index is 0.122. The van der Waals surface area contributed by atoms with Crippen LogP contribution in [-0.2, 0) is 13.0 Å². The van der Waals surface area contributed by atoms with Crippen molar-refractivity contribution in [1.29, 1.82) is 0 Å². The van der Waals surface area contributed by atoms with E-state index in [0.717, 1.165) is 50.5 Å². The highest BCUT2D eigenvalue weighted by Crippen LogP contribution is 2.15. The number of hydrogen-bond acceptors (Lipinski definition) is 3. The van der Waals surface area contributed by atoms with E-state index in [1.165, 1.54) is 12.8 Å². The van der Waals surface area contributed by atoms with Gasteiger partial charge in [0.15, 0.2) is 0 Å². The van der Waals surface area contributed by atoms with E-state index in [4.69, 9.17) is 0 Å². The molecule has 0 aliphatic carbocycles. The van der Waals surface area contributed by atoms with Gasteiger partial charge in [0.2, 0.25) is 0 Å². The Morgan fingerprint density at radius 1 is 1.48 bits per heavy atom.